The molecule has 0 atom stereocenters. The molecule has 120 valence electrons. The molecule has 0 saturated heterocycles. The zero-order valence-electron chi connectivity index (χ0n) is 12.5. The summed E-state index contributed by atoms with van der Waals surface area (Å²) in [6.45, 7) is 0.889. The van der Waals surface area contributed by atoms with Crippen LogP contribution in [0.2, 0.25) is 0 Å². The number of amides is 1. The first kappa shape index (κ1) is 16.3. The van der Waals surface area contributed by atoms with Crippen LogP contribution in [0.3, 0.4) is 0 Å². The third-order valence-corrected chi connectivity index (χ3v) is 3.91. The Kier molecular flexibility index (Phi) is 5.77. The number of carboxylic acid groups (broad SMARTS) is 1. The van der Waals surface area contributed by atoms with Crippen LogP contribution >= 0.6 is 0 Å². The van der Waals surface area contributed by atoms with E-state index in [-0.39, 0.29) is 17.9 Å². The number of rotatable bonds is 6. The predicted molar refractivity (Wildman–Crippen MR) is 81.8 cm³/mol. The average molecular weight is 306 g/mol. The zero-order valence-corrected chi connectivity index (χ0v) is 12.5. The molecule has 1 aromatic carbocycles. The van der Waals surface area contributed by atoms with Crippen molar-refractivity contribution in [3.63, 3.8) is 0 Å². The van der Waals surface area contributed by atoms with Gasteiger partial charge in [-0.3, -0.25) is 9.59 Å². The van der Waals surface area contributed by atoms with Gasteiger partial charge in [0.25, 0.3) is 5.91 Å². The number of ether oxygens (including phenoxy) is 1. The van der Waals surface area contributed by atoms with Crippen LogP contribution in [0.25, 0.3) is 0 Å². The molecular formula is C16H22N2O4. The molecule has 2 rings (SSSR count). The van der Waals surface area contributed by atoms with Gasteiger partial charge in [-0.05, 0) is 49.9 Å². The highest BCUT2D eigenvalue weighted by atomic mass is 16.5. The highest BCUT2D eigenvalue weighted by Gasteiger charge is 2.26. The van der Waals surface area contributed by atoms with Crippen LogP contribution < -0.4 is 15.8 Å². The molecule has 0 radical (unpaired) electrons. The van der Waals surface area contributed by atoms with Crippen molar-refractivity contribution in [2.75, 3.05) is 13.2 Å². The fourth-order valence-corrected chi connectivity index (χ4v) is 2.63. The Morgan fingerprint density at radius 3 is 2.36 bits per heavy atom. The van der Waals surface area contributed by atoms with Gasteiger partial charge in [0.15, 0.2) is 0 Å². The van der Waals surface area contributed by atoms with Crippen molar-refractivity contribution in [1.82, 2.24) is 5.32 Å². The van der Waals surface area contributed by atoms with Gasteiger partial charge in [-0.15, -0.1) is 0 Å². The summed E-state index contributed by atoms with van der Waals surface area (Å²) in [6.07, 6.45) is 2.65. The van der Waals surface area contributed by atoms with Gasteiger partial charge in [-0.2, -0.15) is 0 Å². The van der Waals surface area contributed by atoms with E-state index in [9.17, 15) is 9.59 Å². The van der Waals surface area contributed by atoms with Crippen molar-refractivity contribution in [2.45, 2.75) is 31.7 Å². The first-order valence-corrected chi connectivity index (χ1v) is 7.56. The summed E-state index contributed by atoms with van der Waals surface area (Å²) in [7, 11) is 0. The number of hydrogen-bond acceptors (Lipinski definition) is 4. The maximum absolute atomic E-state index is 12.2. The van der Waals surface area contributed by atoms with Gasteiger partial charge in [0.05, 0.1) is 5.92 Å². The van der Waals surface area contributed by atoms with Gasteiger partial charge in [0, 0.05) is 18.2 Å². The minimum Gasteiger partial charge on any atom is -0.492 e. The van der Waals surface area contributed by atoms with Crippen LogP contribution in [0.5, 0.6) is 5.75 Å². The van der Waals surface area contributed by atoms with Gasteiger partial charge in [0.1, 0.15) is 12.4 Å². The fraction of sp³-hybridized carbons (Fsp3) is 0.500. The lowest BCUT2D eigenvalue weighted by atomic mass is 9.86. The number of benzene rings is 1. The normalized spacial score (nSPS) is 21.1. The highest BCUT2D eigenvalue weighted by Crippen LogP contribution is 2.24. The Hall–Kier alpha value is -2.08. The van der Waals surface area contributed by atoms with E-state index in [0.717, 1.165) is 0 Å². The van der Waals surface area contributed by atoms with Crippen molar-refractivity contribution in [1.29, 1.82) is 0 Å². The summed E-state index contributed by atoms with van der Waals surface area (Å²) in [5.74, 6) is -0.460. The number of nitrogens with two attached hydrogens (primary N) is 1. The first-order valence-electron chi connectivity index (χ1n) is 7.56. The monoisotopic (exact) mass is 306 g/mol. The molecule has 4 N–H and O–H groups in total. The summed E-state index contributed by atoms with van der Waals surface area (Å²) in [5.41, 5.74) is 5.93. The van der Waals surface area contributed by atoms with Crippen LogP contribution in [-0.2, 0) is 4.79 Å². The lowest BCUT2D eigenvalue weighted by Gasteiger charge is -2.26. The molecule has 1 aromatic rings. The molecule has 1 aliphatic carbocycles. The Balaban J connectivity index is 1.83. The van der Waals surface area contributed by atoms with E-state index in [1.807, 2.05) is 0 Å². The fourth-order valence-electron chi connectivity index (χ4n) is 2.63. The Labute approximate surface area is 129 Å². The lowest BCUT2D eigenvalue weighted by Crippen LogP contribution is -2.38. The second-order valence-electron chi connectivity index (χ2n) is 5.52. The van der Waals surface area contributed by atoms with Crippen LogP contribution in [0.4, 0.5) is 0 Å². The van der Waals surface area contributed by atoms with E-state index >= 15 is 0 Å². The molecule has 0 heterocycles. The van der Waals surface area contributed by atoms with Gasteiger partial charge in [-0.25, -0.2) is 0 Å². The van der Waals surface area contributed by atoms with Gasteiger partial charge in [-0.1, -0.05) is 0 Å². The molecule has 1 amide bonds. The molecule has 22 heavy (non-hydrogen) atoms. The molecule has 1 aliphatic rings. The van der Waals surface area contributed by atoms with Crippen molar-refractivity contribution in [3.05, 3.63) is 29.8 Å². The standard InChI is InChI=1S/C16H22N2O4/c17-9-10-22-14-7-3-11(4-8-14)15(19)18-13-5-1-12(2-6-13)16(20)21/h3-4,7-8,12-13H,1-2,5-6,9-10,17H2,(H,18,19)(H,20,21). The zero-order chi connectivity index (χ0) is 15.9. The Morgan fingerprint density at radius 2 is 1.82 bits per heavy atom. The highest BCUT2D eigenvalue weighted by molar-refractivity contribution is 5.94. The summed E-state index contributed by atoms with van der Waals surface area (Å²) in [6, 6.07) is 6.96. The van der Waals surface area contributed by atoms with E-state index < -0.39 is 5.97 Å². The topological polar surface area (TPSA) is 102 Å². The molecule has 1 saturated carbocycles. The summed E-state index contributed by atoms with van der Waals surface area (Å²) < 4.78 is 5.36. The SMILES string of the molecule is NCCOc1ccc(C(=O)NC2CCC(C(=O)O)CC2)cc1. The van der Waals surface area contributed by atoms with E-state index in [0.29, 0.717) is 50.1 Å². The number of nitrogens with one attached hydrogen (secondary N) is 1. The third-order valence-electron chi connectivity index (χ3n) is 3.91. The third kappa shape index (κ3) is 4.46. The number of carbonyl (C=O) groups excluding carboxylic acids is 1. The summed E-state index contributed by atoms with van der Waals surface area (Å²) in [5, 5.41) is 11.9. The van der Waals surface area contributed by atoms with Crippen LogP contribution in [0.15, 0.2) is 24.3 Å². The smallest absolute Gasteiger partial charge is 0.306 e. The van der Waals surface area contributed by atoms with Crippen molar-refractivity contribution in [3.8, 4) is 5.75 Å². The molecular weight excluding hydrogens is 284 g/mol. The molecule has 0 aromatic heterocycles. The van der Waals surface area contributed by atoms with E-state index in [1.165, 1.54) is 0 Å². The maximum atomic E-state index is 12.2. The molecule has 6 nitrogen and oxygen atoms in total. The van der Waals surface area contributed by atoms with Crippen LogP contribution in [0, 0.1) is 5.92 Å². The molecule has 0 aliphatic heterocycles. The lowest BCUT2D eigenvalue weighted by molar-refractivity contribution is -0.142. The van der Waals surface area contributed by atoms with Crippen molar-refractivity contribution >= 4 is 11.9 Å². The predicted octanol–water partition coefficient (Wildman–Crippen LogP) is 1.40. The average Bonchev–Trinajstić information content (AvgIpc) is 2.54. The largest absolute Gasteiger partial charge is 0.492 e. The number of carboxylic acids is 1. The van der Waals surface area contributed by atoms with E-state index in [1.54, 1.807) is 24.3 Å². The first-order chi connectivity index (χ1) is 10.6. The van der Waals surface area contributed by atoms with Gasteiger partial charge >= 0.3 is 5.97 Å². The number of aliphatic carboxylic acids is 1. The number of hydrogen-bond donors (Lipinski definition) is 3. The quantitative estimate of drug-likeness (QED) is 0.737. The van der Waals surface area contributed by atoms with Gasteiger partial charge in [0.2, 0.25) is 0 Å². The minimum absolute atomic E-state index is 0.0521. The van der Waals surface area contributed by atoms with E-state index in [4.69, 9.17) is 15.6 Å². The minimum atomic E-state index is -0.738. The number of carbonyl (C=O) groups is 2. The van der Waals surface area contributed by atoms with Crippen molar-refractivity contribution < 1.29 is 19.4 Å². The van der Waals surface area contributed by atoms with Crippen molar-refractivity contribution in [2.24, 2.45) is 11.7 Å². The molecule has 6 heteroatoms. The van der Waals surface area contributed by atoms with Gasteiger partial charge < -0.3 is 20.9 Å². The maximum Gasteiger partial charge on any atom is 0.306 e. The summed E-state index contributed by atoms with van der Waals surface area (Å²) >= 11 is 0. The second kappa shape index (κ2) is 7.79. The molecule has 0 bridgehead atoms. The second-order valence-corrected chi connectivity index (χ2v) is 5.52. The molecule has 1 fully saturated rings. The summed E-state index contributed by atoms with van der Waals surface area (Å²) in [4.78, 5) is 23.1. The Morgan fingerprint density at radius 1 is 1.18 bits per heavy atom. The molecule has 0 spiro atoms. The molecule has 0 unspecified atom stereocenters. The van der Waals surface area contributed by atoms with Crippen LogP contribution in [-0.4, -0.2) is 36.2 Å². The van der Waals surface area contributed by atoms with Crippen LogP contribution in [0.1, 0.15) is 36.0 Å². The van der Waals surface area contributed by atoms with E-state index in [2.05, 4.69) is 5.32 Å². The Bertz CT molecular complexity index is 507.